The van der Waals surface area contributed by atoms with E-state index in [0.29, 0.717) is 0 Å². The smallest absolute Gasteiger partial charge is 0.135 e. The summed E-state index contributed by atoms with van der Waals surface area (Å²) in [5.74, 6) is 0. The Morgan fingerprint density at radius 1 is 0.312 bits per heavy atom. The second-order valence-corrected chi connectivity index (χ2v) is 19.2. The Balaban J connectivity index is 0.987. The molecular formula is C62H43NO. The number of anilines is 3. The number of hydrogen-bond acceptors (Lipinski definition) is 2. The Morgan fingerprint density at radius 2 is 0.812 bits per heavy atom. The summed E-state index contributed by atoms with van der Waals surface area (Å²) in [4.78, 5) is 2.49. The third-order valence-electron chi connectivity index (χ3n) is 15.1. The van der Waals surface area contributed by atoms with Crippen LogP contribution in [-0.2, 0) is 10.8 Å². The van der Waals surface area contributed by atoms with Gasteiger partial charge < -0.3 is 9.32 Å². The molecule has 12 aromatic rings. The van der Waals surface area contributed by atoms with E-state index in [2.05, 4.69) is 221 Å². The maximum atomic E-state index is 6.44. The number of hydrogen-bond donors (Lipinski definition) is 0. The van der Waals surface area contributed by atoms with Crippen molar-refractivity contribution in [3.05, 3.63) is 210 Å². The number of rotatable bonds is 3. The van der Waals surface area contributed by atoms with Crippen LogP contribution in [0.25, 0.3) is 98.1 Å². The molecule has 0 atom stereocenters. The van der Waals surface area contributed by atoms with Gasteiger partial charge >= 0.3 is 0 Å². The zero-order valence-electron chi connectivity index (χ0n) is 36.3. The first-order valence-electron chi connectivity index (χ1n) is 22.6. The standard InChI is InChI=1S/C62H43NO/c1-61(2)55-33-40(25-30-48(55)53-34-54-49-19-11-12-20-57(49)64-58(54)35-56(53)61)63(39-24-29-47-45-17-8-7-15-43(45)44-16-9-10-18-46(44)52(47)32-39)38-23-28-42-37(31-38)22-27-51-50-26-21-36-13-5-6-14-41(36)59(50)62(3,4)60(42)51/h5-35H,1-4H3. The summed E-state index contributed by atoms with van der Waals surface area (Å²) in [6.45, 7) is 9.56. The number of furan rings is 1. The second-order valence-electron chi connectivity index (χ2n) is 19.2. The number of para-hydroxylation sites is 1. The van der Waals surface area contributed by atoms with Gasteiger partial charge in [0, 0.05) is 38.7 Å². The van der Waals surface area contributed by atoms with Crippen LogP contribution in [0.5, 0.6) is 0 Å². The second kappa shape index (κ2) is 12.5. The predicted molar refractivity (Wildman–Crippen MR) is 271 cm³/mol. The Hall–Kier alpha value is -7.68. The molecule has 0 radical (unpaired) electrons. The van der Waals surface area contributed by atoms with E-state index >= 15 is 0 Å². The Bertz CT molecular complexity index is 4000. The molecule has 0 amide bonds. The van der Waals surface area contributed by atoms with E-state index in [-0.39, 0.29) is 10.8 Å². The van der Waals surface area contributed by atoms with Crippen LogP contribution in [0.4, 0.5) is 17.1 Å². The molecule has 11 aromatic carbocycles. The van der Waals surface area contributed by atoms with Crippen molar-refractivity contribution in [2.75, 3.05) is 4.90 Å². The first-order valence-corrected chi connectivity index (χ1v) is 22.6. The van der Waals surface area contributed by atoms with E-state index in [0.717, 1.165) is 33.6 Å². The minimum Gasteiger partial charge on any atom is -0.456 e. The molecule has 2 aliphatic carbocycles. The third kappa shape index (κ3) is 4.70. The van der Waals surface area contributed by atoms with Crippen LogP contribution in [0, 0.1) is 0 Å². The molecule has 2 aliphatic rings. The summed E-state index contributed by atoms with van der Waals surface area (Å²) in [5.41, 5.74) is 15.6. The van der Waals surface area contributed by atoms with Crippen LogP contribution in [0.3, 0.4) is 0 Å². The highest BCUT2D eigenvalue weighted by atomic mass is 16.3. The van der Waals surface area contributed by atoms with E-state index in [1.807, 2.05) is 0 Å². The normalized spacial score (nSPS) is 14.5. The lowest BCUT2D eigenvalue weighted by Gasteiger charge is -2.29. The van der Waals surface area contributed by atoms with Crippen molar-refractivity contribution in [2.24, 2.45) is 0 Å². The van der Waals surface area contributed by atoms with Crippen LogP contribution in [0.1, 0.15) is 49.9 Å². The van der Waals surface area contributed by atoms with E-state index in [1.165, 1.54) is 104 Å². The van der Waals surface area contributed by atoms with Crippen molar-refractivity contribution < 1.29 is 4.42 Å². The lowest BCUT2D eigenvalue weighted by Crippen LogP contribution is -2.17. The summed E-state index contributed by atoms with van der Waals surface area (Å²) in [6.07, 6.45) is 0. The maximum absolute atomic E-state index is 6.44. The highest BCUT2D eigenvalue weighted by molar-refractivity contribution is 6.26. The van der Waals surface area contributed by atoms with E-state index in [9.17, 15) is 0 Å². The summed E-state index contributed by atoms with van der Waals surface area (Å²) in [6, 6.07) is 70.4. The van der Waals surface area contributed by atoms with Crippen LogP contribution >= 0.6 is 0 Å². The molecule has 2 heteroatoms. The van der Waals surface area contributed by atoms with Gasteiger partial charge in [0.1, 0.15) is 11.2 Å². The number of fused-ring (bicyclic) bond motifs is 19. The van der Waals surface area contributed by atoms with Gasteiger partial charge in [-0.3, -0.25) is 0 Å². The van der Waals surface area contributed by atoms with Gasteiger partial charge in [-0.1, -0.05) is 161 Å². The van der Waals surface area contributed by atoms with Crippen LogP contribution in [0.15, 0.2) is 192 Å². The van der Waals surface area contributed by atoms with E-state index < -0.39 is 0 Å². The van der Waals surface area contributed by atoms with Crippen LogP contribution in [-0.4, -0.2) is 0 Å². The predicted octanol–water partition coefficient (Wildman–Crippen LogP) is 17.4. The Morgan fingerprint density at radius 3 is 1.53 bits per heavy atom. The molecule has 0 bridgehead atoms. The average Bonchev–Trinajstić information content (AvgIpc) is 3.89. The van der Waals surface area contributed by atoms with Gasteiger partial charge in [0.2, 0.25) is 0 Å². The molecule has 302 valence electrons. The van der Waals surface area contributed by atoms with Gasteiger partial charge in [-0.15, -0.1) is 0 Å². The van der Waals surface area contributed by atoms with E-state index in [4.69, 9.17) is 4.42 Å². The zero-order valence-corrected chi connectivity index (χ0v) is 36.3. The molecule has 0 aliphatic heterocycles. The molecular weight excluding hydrogens is 775 g/mol. The molecule has 14 rings (SSSR count). The minimum atomic E-state index is -0.243. The van der Waals surface area contributed by atoms with Crippen LogP contribution < -0.4 is 4.90 Å². The highest BCUT2D eigenvalue weighted by Gasteiger charge is 2.39. The summed E-state index contributed by atoms with van der Waals surface area (Å²) in [7, 11) is 0. The lowest BCUT2D eigenvalue weighted by molar-refractivity contribution is 0.647. The number of nitrogens with zero attached hydrogens (tertiary/aromatic N) is 1. The fraction of sp³-hybridized carbons (Fsp3) is 0.0968. The van der Waals surface area contributed by atoms with Crippen molar-refractivity contribution in [1.82, 2.24) is 0 Å². The molecule has 0 unspecified atom stereocenters. The Labute approximate surface area is 371 Å². The summed E-state index contributed by atoms with van der Waals surface area (Å²) in [5, 5.41) is 15.2. The first kappa shape index (κ1) is 35.9. The van der Waals surface area contributed by atoms with Crippen LogP contribution in [0.2, 0.25) is 0 Å². The molecule has 1 heterocycles. The quantitative estimate of drug-likeness (QED) is 0.165. The van der Waals surface area contributed by atoms with E-state index in [1.54, 1.807) is 0 Å². The largest absolute Gasteiger partial charge is 0.456 e. The fourth-order valence-corrected chi connectivity index (χ4v) is 12.2. The summed E-state index contributed by atoms with van der Waals surface area (Å²) < 4.78 is 6.44. The molecule has 1 aromatic heterocycles. The van der Waals surface area contributed by atoms with Gasteiger partial charge in [0.15, 0.2) is 0 Å². The van der Waals surface area contributed by atoms with Gasteiger partial charge in [-0.2, -0.15) is 0 Å². The lowest BCUT2D eigenvalue weighted by atomic mass is 9.78. The van der Waals surface area contributed by atoms with Gasteiger partial charge in [0.05, 0.1) is 0 Å². The third-order valence-corrected chi connectivity index (χ3v) is 15.1. The molecule has 0 saturated carbocycles. The molecule has 0 N–H and O–H groups in total. The number of benzene rings is 11. The van der Waals surface area contributed by atoms with Crippen molar-refractivity contribution >= 4 is 92.9 Å². The molecule has 0 spiro atoms. The monoisotopic (exact) mass is 817 g/mol. The van der Waals surface area contributed by atoms with Gasteiger partial charge in [-0.25, -0.2) is 0 Å². The zero-order chi connectivity index (χ0) is 42.6. The maximum Gasteiger partial charge on any atom is 0.135 e. The minimum absolute atomic E-state index is 0.164. The average molecular weight is 818 g/mol. The van der Waals surface area contributed by atoms with Crippen molar-refractivity contribution in [2.45, 2.75) is 38.5 Å². The van der Waals surface area contributed by atoms with Crippen molar-refractivity contribution in [3.63, 3.8) is 0 Å². The fourth-order valence-electron chi connectivity index (χ4n) is 12.2. The van der Waals surface area contributed by atoms with Gasteiger partial charge in [-0.05, 0) is 153 Å². The summed E-state index contributed by atoms with van der Waals surface area (Å²) >= 11 is 0. The molecule has 0 saturated heterocycles. The molecule has 0 fully saturated rings. The Kier molecular flexibility index (Phi) is 7.00. The van der Waals surface area contributed by atoms with Gasteiger partial charge in [0.25, 0.3) is 0 Å². The SMILES string of the molecule is CC1(C)c2cc(N(c3ccc4c5c(ccc4c3)-c3ccc4ccccc4c3C5(C)C)c3ccc4c5ccccc5c5ccccc5c4c3)ccc2-c2cc3c(cc21)oc1ccccc13. The topological polar surface area (TPSA) is 16.4 Å². The highest BCUT2D eigenvalue weighted by Crippen LogP contribution is 2.56. The molecule has 64 heavy (non-hydrogen) atoms. The van der Waals surface area contributed by atoms with Crippen molar-refractivity contribution in [1.29, 1.82) is 0 Å². The van der Waals surface area contributed by atoms with Crippen molar-refractivity contribution in [3.8, 4) is 22.3 Å². The molecule has 2 nitrogen and oxygen atoms in total. The first-order chi connectivity index (χ1) is 31.2.